The summed E-state index contributed by atoms with van der Waals surface area (Å²) in [6.45, 7) is 5.72. The highest BCUT2D eigenvalue weighted by molar-refractivity contribution is 5.35. The van der Waals surface area contributed by atoms with Gasteiger partial charge >= 0.3 is 6.36 Å². The summed E-state index contributed by atoms with van der Waals surface area (Å²) in [5.74, 6) is -0.395. The van der Waals surface area contributed by atoms with E-state index >= 15 is 0 Å². The number of alkyl halides is 3. The Morgan fingerprint density at radius 1 is 1.20 bits per heavy atom. The molecule has 0 aliphatic rings. The van der Waals surface area contributed by atoms with Gasteiger partial charge in [-0.05, 0) is 17.9 Å². The number of nitrogens with two attached hydrogens (primary N) is 1. The summed E-state index contributed by atoms with van der Waals surface area (Å²) in [4.78, 5) is 0. The molecule has 0 spiro atoms. The zero-order chi connectivity index (χ0) is 15.6. The van der Waals surface area contributed by atoms with Gasteiger partial charge in [0.25, 0.3) is 0 Å². The van der Waals surface area contributed by atoms with Crippen LogP contribution in [0.2, 0.25) is 0 Å². The summed E-state index contributed by atoms with van der Waals surface area (Å²) >= 11 is 0. The smallest absolute Gasteiger partial charge is 0.405 e. The van der Waals surface area contributed by atoms with Crippen molar-refractivity contribution in [1.82, 2.24) is 0 Å². The summed E-state index contributed by atoms with van der Waals surface area (Å²) in [6, 6.07) is 5.19. The number of ether oxygens (including phenoxy) is 1. The van der Waals surface area contributed by atoms with Crippen molar-refractivity contribution in [2.24, 2.45) is 11.1 Å². The van der Waals surface area contributed by atoms with E-state index in [0.29, 0.717) is 0 Å². The maximum atomic E-state index is 12.3. The molecule has 1 rings (SSSR count). The highest BCUT2D eigenvalue weighted by Gasteiger charge is 2.33. The van der Waals surface area contributed by atoms with Gasteiger partial charge in [0.2, 0.25) is 0 Å². The monoisotopic (exact) mass is 291 g/mol. The number of halogens is 3. The lowest BCUT2D eigenvalue weighted by atomic mass is 9.83. The van der Waals surface area contributed by atoms with E-state index in [1.165, 1.54) is 18.2 Å². The van der Waals surface area contributed by atoms with Gasteiger partial charge in [-0.3, -0.25) is 0 Å². The first-order valence-electron chi connectivity index (χ1n) is 6.29. The second-order valence-electron chi connectivity index (χ2n) is 5.81. The average molecular weight is 291 g/mol. The van der Waals surface area contributed by atoms with Crippen LogP contribution in [0.25, 0.3) is 0 Å². The largest absolute Gasteiger partial charge is 0.573 e. The molecular weight excluding hydrogens is 271 g/mol. The Morgan fingerprint density at radius 3 is 2.25 bits per heavy atom. The van der Waals surface area contributed by atoms with Crippen molar-refractivity contribution < 1.29 is 23.0 Å². The molecule has 0 unspecified atom stereocenters. The van der Waals surface area contributed by atoms with Gasteiger partial charge in [-0.1, -0.05) is 39.0 Å². The SMILES string of the molecule is CC(C)(C)[C@H](N)C[C@@H](O)c1ccccc1OC(F)(F)F. The molecular formula is C14H20F3NO2. The van der Waals surface area contributed by atoms with Crippen LogP contribution in [-0.4, -0.2) is 17.5 Å². The van der Waals surface area contributed by atoms with Gasteiger partial charge < -0.3 is 15.6 Å². The van der Waals surface area contributed by atoms with Gasteiger partial charge in [0.1, 0.15) is 5.75 Å². The third kappa shape index (κ3) is 5.02. The molecule has 0 fully saturated rings. The maximum absolute atomic E-state index is 12.3. The van der Waals surface area contributed by atoms with Crippen LogP contribution in [0.5, 0.6) is 5.75 Å². The van der Waals surface area contributed by atoms with Crippen molar-refractivity contribution >= 4 is 0 Å². The highest BCUT2D eigenvalue weighted by atomic mass is 19.4. The molecule has 6 heteroatoms. The third-order valence-corrected chi connectivity index (χ3v) is 3.09. The Bertz CT molecular complexity index is 441. The number of benzene rings is 1. The molecule has 0 saturated heterocycles. The molecule has 0 heterocycles. The Hall–Kier alpha value is -1.27. The Morgan fingerprint density at radius 2 is 1.75 bits per heavy atom. The van der Waals surface area contributed by atoms with E-state index in [2.05, 4.69) is 4.74 Å². The Kier molecular flexibility index (Phi) is 5.05. The number of aliphatic hydroxyl groups is 1. The Balaban J connectivity index is 2.90. The molecule has 1 aromatic carbocycles. The first kappa shape index (κ1) is 16.8. The van der Waals surface area contributed by atoms with Crippen LogP contribution in [0, 0.1) is 5.41 Å². The van der Waals surface area contributed by atoms with E-state index in [-0.39, 0.29) is 23.4 Å². The standard InChI is InChI=1S/C14H20F3NO2/c1-13(2,3)12(18)8-10(19)9-6-4-5-7-11(9)20-14(15,16)17/h4-7,10,12,19H,8,18H2,1-3H3/t10-,12-/m1/s1. The van der Waals surface area contributed by atoms with Gasteiger partial charge in [0, 0.05) is 11.6 Å². The molecule has 3 N–H and O–H groups in total. The number of hydrogen-bond acceptors (Lipinski definition) is 3. The zero-order valence-electron chi connectivity index (χ0n) is 11.7. The van der Waals surface area contributed by atoms with E-state index in [1.54, 1.807) is 6.07 Å². The van der Waals surface area contributed by atoms with E-state index in [1.807, 2.05) is 20.8 Å². The number of rotatable bonds is 4. The molecule has 0 aliphatic heterocycles. The summed E-state index contributed by atoms with van der Waals surface area (Å²) in [6.07, 6.45) is -5.74. The lowest BCUT2D eigenvalue weighted by Crippen LogP contribution is -2.36. The Labute approximate surface area is 116 Å². The maximum Gasteiger partial charge on any atom is 0.573 e. The molecule has 20 heavy (non-hydrogen) atoms. The predicted octanol–water partition coefficient (Wildman–Crippen LogP) is 3.38. The zero-order valence-corrected chi connectivity index (χ0v) is 11.7. The first-order chi connectivity index (χ1) is 9.00. The summed E-state index contributed by atoms with van der Waals surface area (Å²) in [5.41, 5.74) is 5.78. The normalized spacial score (nSPS) is 15.8. The van der Waals surface area contributed by atoms with E-state index in [9.17, 15) is 18.3 Å². The third-order valence-electron chi connectivity index (χ3n) is 3.09. The first-order valence-corrected chi connectivity index (χ1v) is 6.29. The average Bonchev–Trinajstić information content (AvgIpc) is 2.25. The fourth-order valence-electron chi connectivity index (χ4n) is 1.69. The molecule has 114 valence electrons. The molecule has 2 atom stereocenters. The fourth-order valence-corrected chi connectivity index (χ4v) is 1.69. The number of hydrogen-bond donors (Lipinski definition) is 2. The van der Waals surface area contributed by atoms with Crippen molar-refractivity contribution in [1.29, 1.82) is 0 Å². The molecule has 0 aliphatic carbocycles. The number of aliphatic hydroxyl groups excluding tert-OH is 1. The molecule has 0 bridgehead atoms. The van der Waals surface area contributed by atoms with Crippen molar-refractivity contribution in [3.8, 4) is 5.75 Å². The lowest BCUT2D eigenvalue weighted by Gasteiger charge is -2.29. The van der Waals surface area contributed by atoms with Crippen LogP contribution in [0.1, 0.15) is 38.9 Å². The van der Waals surface area contributed by atoms with Gasteiger partial charge in [0.15, 0.2) is 0 Å². The molecule has 0 amide bonds. The van der Waals surface area contributed by atoms with E-state index in [0.717, 1.165) is 0 Å². The molecule has 0 aromatic heterocycles. The molecule has 1 aromatic rings. The van der Waals surface area contributed by atoms with Crippen LogP contribution >= 0.6 is 0 Å². The van der Waals surface area contributed by atoms with Gasteiger partial charge in [-0.15, -0.1) is 13.2 Å². The van der Waals surface area contributed by atoms with Crippen molar-refractivity contribution in [2.45, 2.75) is 45.7 Å². The highest BCUT2D eigenvalue weighted by Crippen LogP contribution is 2.34. The van der Waals surface area contributed by atoms with Crippen LogP contribution in [0.15, 0.2) is 24.3 Å². The van der Waals surface area contributed by atoms with Crippen molar-refractivity contribution in [3.05, 3.63) is 29.8 Å². The van der Waals surface area contributed by atoms with E-state index in [4.69, 9.17) is 5.73 Å². The van der Waals surface area contributed by atoms with Crippen LogP contribution in [0.3, 0.4) is 0 Å². The minimum absolute atomic E-state index is 0.0875. The summed E-state index contributed by atoms with van der Waals surface area (Å²) < 4.78 is 40.8. The second-order valence-corrected chi connectivity index (χ2v) is 5.81. The summed E-state index contributed by atoms with van der Waals surface area (Å²) in [5, 5.41) is 10.1. The molecule has 0 radical (unpaired) electrons. The minimum Gasteiger partial charge on any atom is -0.405 e. The molecule has 0 saturated carbocycles. The predicted molar refractivity (Wildman–Crippen MR) is 70.1 cm³/mol. The fraction of sp³-hybridized carbons (Fsp3) is 0.571. The lowest BCUT2D eigenvalue weighted by molar-refractivity contribution is -0.275. The minimum atomic E-state index is -4.79. The molecule has 3 nitrogen and oxygen atoms in total. The van der Waals surface area contributed by atoms with E-state index < -0.39 is 18.2 Å². The number of para-hydroxylation sites is 1. The van der Waals surface area contributed by atoms with Crippen molar-refractivity contribution in [3.63, 3.8) is 0 Å². The van der Waals surface area contributed by atoms with Crippen LogP contribution in [-0.2, 0) is 0 Å². The van der Waals surface area contributed by atoms with Gasteiger partial charge in [-0.25, -0.2) is 0 Å². The van der Waals surface area contributed by atoms with Gasteiger partial charge in [0.05, 0.1) is 6.10 Å². The quantitative estimate of drug-likeness (QED) is 0.894. The van der Waals surface area contributed by atoms with Crippen LogP contribution in [0.4, 0.5) is 13.2 Å². The van der Waals surface area contributed by atoms with Crippen molar-refractivity contribution in [2.75, 3.05) is 0 Å². The van der Waals surface area contributed by atoms with Crippen LogP contribution < -0.4 is 10.5 Å². The topological polar surface area (TPSA) is 55.5 Å². The summed E-state index contributed by atoms with van der Waals surface area (Å²) in [7, 11) is 0. The second kappa shape index (κ2) is 6.01. The van der Waals surface area contributed by atoms with Gasteiger partial charge in [-0.2, -0.15) is 0 Å².